The number of carbonyl (C=O) groups excluding carboxylic acids is 1. The van der Waals surface area contributed by atoms with E-state index in [2.05, 4.69) is 18.7 Å². The van der Waals surface area contributed by atoms with Gasteiger partial charge < -0.3 is 20.3 Å². The lowest BCUT2D eigenvalue weighted by Crippen LogP contribution is -2.45. The number of carbonyl (C=O) groups is 1. The second-order valence-corrected chi connectivity index (χ2v) is 5.92. The number of nitrogen functional groups attached to an aromatic ring is 1. The Kier molecular flexibility index (Phi) is 5.52. The fourth-order valence-electron chi connectivity index (χ4n) is 2.61. The third kappa shape index (κ3) is 3.84. The number of ether oxygens (including phenoxy) is 1. The van der Waals surface area contributed by atoms with Gasteiger partial charge in [0, 0.05) is 19.3 Å². The van der Waals surface area contributed by atoms with Crippen LogP contribution in [0.25, 0.3) is 0 Å². The van der Waals surface area contributed by atoms with E-state index in [-0.39, 0.29) is 12.0 Å². The largest absolute Gasteiger partial charge is 0.486 e. The van der Waals surface area contributed by atoms with Gasteiger partial charge in [0.1, 0.15) is 11.9 Å². The predicted molar refractivity (Wildman–Crippen MR) is 90.3 cm³/mol. The van der Waals surface area contributed by atoms with Crippen molar-refractivity contribution in [3.8, 4) is 5.75 Å². The molecule has 1 aromatic carbocycles. The normalized spacial score (nSPS) is 16.9. The van der Waals surface area contributed by atoms with Crippen molar-refractivity contribution in [3.63, 3.8) is 0 Å². The Morgan fingerprint density at radius 3 is 2.91 bits per heavy atom. The molecule has 1 heterocycles. The molecule has 5 nitrogen and oxygen atoms in total. The fourth-order valence-corrected chi connectivity index (χ4v) is 2.61. The van der Waals surface area contributed by atoms with Crippen molar-refractivity contribution in [1.82, 2.24) is 4.90 Å². The lowest BCUT2D eigenvalue weighted by Gasteiger charge is -2.36. The number of hydrogen-bond acceptors (Lipinski definition) is 4. The van der Waals surface area contributed by atoms with Gasteiger partial charge in [0.25, 0.3) is 0 Å². The monoisotopic (exact) mass is 305 g/mol. The van der Waals surface area contributed by atoms with Crippen LogP contribution in [-0.2, 0) is 4.79 Å². The highest BCUT2D eigenvalue weighted by atomic mass is 16.5. The zero-order valence-electron chi connectivity index (χ0n) is 13.8. The molecular weight excluding hydrogens is 278 g/mol. The molecule has 1 aliphatic rings. The molecular formula is C17H27N3O2. The standard InChI is InChI=1S/C17H27N3O2/c1-4-6-9-19(3)17(21)12-20-11-14(5-2)22-16-8-7-13(18)10-15(16)20/h7-8,10,14H,4-6,9,11-12,18H2,1-3H3. The van der Waals surface area contributed by atoms with Crippen molar-refractivity contribution >= 4 is 17.3 Å². The summed E-state index contributed by atoms with van der Waals surface area (Å²) < 4.78 is 5.95. The zero-order valence-corrected chi connectivity index (χ0v) is 13.8. The predicted octanol–water partition coefficient (Wildman–Crippen LogP) is 2.50. The molecule has 1 aliphatic heterocycles. The van der Waals surface area contributed by atoms with Crippen LogP contribution in [0, 0.1) is 0 Å². The number of nitrogens with two attached hydrogens (primary N) is 1. The lowest BCUT2D eigenvalue weighted by molar-refractivity contribution is -0.128. The van der Waals surface area contributed by atoms with Crippen molar-refractivity contribution in [2.24, 2.45) is 0 Å². The van der Waals surface area contributed by atoms with Crippen LogP contribution in [-0.4, -0.2) is 43.6 Å². The molecule has 2 N–H and O–H groups in total. The van der Waals surface area contributed by atoms with Gasteiger partial charge in [0.05, 0.1) is 18.8 Å². The van der Waals surface area contributed by atoms with Gasteiger partial charge >= 0.3 is 0 Å². The van der Waals surface area contributed by atoms with Gasteiger partial charge in [-0.2, -0.15) is 0 Å². The quantitative estimate of drug-likeness (QED) is 0.820. The van der Waals surface area contributed by atoms with E-state index in [4.69, 9.17) is 10.5 Å². The smallest absolute Gasteiger partial charge is 0.241 e. The molecule has 122 valence electrons. The maximum absolute atomic E-state index is 12.4. The highest BCUT2D eigenvalue weighted by Crippen LogP contribution is 2.35. The average Bonchev–Trinajstić information content (AvgIpc) is 2.52. The Morgan fingerprint density at radius 1 is 1.45 bits per heavy atom. The highest BCUT2D eigenvalue weighted by molar-refractivity contribution is 5.82. The minimum Gasteiger partial charge on any atom is -0.486 e. The Labute approximate surface area is 133 Å². The molecule has 1 unspecified atom stereocenters. The summed E-state index contributed by atoms with van der Waals surface area (Å²) in [5.41, 5.74) is 7.50. The van der Waals surface area contributed by atoms with Gasteiger partial charge in [-0.3, -0.25) is 4.79 Å². The Hall–Kier alpha value is -1.91. The van der Waals surface area contributed by atoms with Gasteiger partial charge in [0.2, 0.25) is 5.91 Å². The van der Waals surface area contributed by atoms with Crippen molar-refractivity contribution in [3.05, 3.63) is 18.2 Å². The molecule has 5 heteroatoms. The summed E-state index contributed by atoms with van der Waals surface area (Å²) >= 11 is 0. The minimum absolute atomic E-state index is 0.116. The van der Waals surface area contributed by atoms with Crippen molar-refractivity contribution in [1.29, 1.82) is 0 Å². The van der Waals surface area contributed by atoms with Crippen LogP contribution in [0.2, 0.25) is 0 Å². The summed E-state index contributed by atoms with van der Waals surface area (Å²) in [4.78, 5) is 16.3. The number of likely N-dealkylation sites (N-methyl/N-ethyl adjacent to an activating group) is 1. The summed E-state index contributed by atoms with van der Waals surface area (Å²) in [6.07, 6.45) is 3.16. The number of fused-ring (bicyclic) bond motifs is 1. The van der Waals surface area contributed by atoms with E-state index in [0.29, 0.717) is 12.2 Å². The van der Waals surface area contributed by atoms with E-state index < -0.39 is 0 Å². The third-order valence-electron chi connectivity index (χ3n) is 4.10. The number of anilines is 2. The minimum atomic E-state index is 0.116. The molecule has 22 heavy (non-hydrogen) atoms. The molecule has 0 saturated heterocycles. The topological polar surface area (TPSA) is 58.8 Å². The van der Waals surface area contributed by atoms with Gasteiger partial charge in [-0.05, 0) is 31.0 Å². The number of nitrogens with zero attached hydrogens (tertiary/aromatic N) is 2. The second-order valence-electron chi connectivity index (χ2n) is 5.92. The number of benzene rings is 1. The zero-order chi connectivity index (χ0) is 16.1. The Morgan fingerprint density at radius 2 is 2.23 bits per heavy atom. The van der Waals surface area contributed by atoms with Crippen LogP contribution >= 0.6 is 0 Å². The first-order valence-corrected chi connectivity index (χ1v) is 8.10. The number of amides is 1. The summed E-state index contributed by atoms with van der Waals surface area (Å²) in [5, 5.41) is 0. The Bertz CT molecular complexity index is 519. The van der Waals surface area contributed by atoms with Gasteiger partial charge in [-0.25, -0.2) is 0 Å². The molecule has 1 amide bonds. The molecule has 0 radical (unpaired) electrons. The maximum Gasteiger partial charge on any atom is 0.241 e. The number of unbranched alkanes of at least 4 members (excludes halogenated alkanes) is 1. The highest BCUT2D eigenvalue weighted by Gasteiger charge is 2.27. The average molecular weight is 305 g/mol. The first-order chi connectivity index (χ1) is 10.5. The van der Waals surface area contributed by atoms with Crippen LogP contribution in [0.1, 0.15) is 33.1 Å². The summed E-state index contributed by atoms with van der Waals surface area (Å²) in [6.45, 7) is 6.13. The van der Waals surface area contributed by atoms with E-state index in [0.717, 1.165) is 43.8 Å². The van der Waals surface area contributed by atoms with Crippen LogP contribution in [0.15, 0.2) is 18.2 Å². The molecule has 0 spiro atoms. The molecule has 1 aromatic rings. The van der Waals surface area contributed by atoms with Gasteiger partial charge in [-0.1, -0.05) is 20.3 Å². The summed E-state index contributed by atoms with van der Waals surface area (Å²) in [6, 6.07) is 5.62. The van der Waals surface area contributed by atoms with Crippen LogP contribution in [0.5, 0.6) is 5.75 Å². The number of rotatable bonds is 6. The molecule has 0 saturated carbocycles. The van der Waals surface area contributed by atoms with Crippen LogP contribution in [0.4, 0.5) is 11.4 Å². The molecule has 2 rings (SSSR count). The van der Waals surface area contributed by atoms with Crippen LogP contribution in [0.3, 0.4) is 0 Å². The fraction of sp³-hybridized carbons (Fsp3) is 0.588. The van der Waals surface area contributed by atoms with E-state index in [1.807, 2.05) is 30.1 Å². The van der Waals surface area contributed by atoms with Gasteiger partial charge in [-0.15, -0.1) is 0 Å². The first-order valence-electron chi connectivity index (χ1n) is 8.10. The SMILES string of the molecule is CCCCN(C)C(=O)CN1CC(CC)Oc2ccc(N)cc21. The van der Waals surface area contributed by atoms with E-state index >= 15 is 0 Å². The van der Waals surface area contributed by atoms with Crippen molar-refractivity contribution < 1.29 is 9.53 Å². The second kappa shape index (κ2) is 7.38. The van der Waals surface area contributed by atoms with E-state index in [1.54, 1.807) is 0 Å². The first kappa shape index (κ1) is 16.5. The van der Waals surface area contributed by atoms with Crippen molar-refractivity contribution in [2.45, 2.75) is 39.2 Å². The van der Waals surface area contributed by atoms with E-state index in [1.165, 1.54) is 0 Å². The summed E-state index contributed by atoms with van der Waals surface area (Å²) in [5.74, 6) is 0.954. The summed E-state index contributed by atoms with van der Waals surface area (Å²) in [7, 11) is 1.87. The third-order valence-corrected chi connectivity index (χ3v) is 4.10. The Balaban J connectivity index is 2.12. The molecule has 0 fully saturated rings. The lowest BCUT2D eigenvalue weighted by atomic mass is 10.1. The number of hydrogen-bond donors (Lipinski definition) is 1. The molecule has 0 aliphatic carbocycles. The van der Waals surface area contributed by atoms with Crippen molar-refractivity contribution in [2.75, 3.05) is 37.3 Å². The molecule has 0 bridgehead atoms. The van der Waals surface area contributed by atoms with Gasteiger partial charge in [0.15, 0.2) is 0 Å². The van der Waals surface area contributed by atoms with E-state index in [9.17, 15) is 4.79 Å². The molecule has 1 atom stereocenters. The maximum atomic E-state index is 12.4. The molecule has 0 aromatic heterocycles. The van der Waals surface area contributed by atoms with Crippen LogP contribution < -0.4 is 15.4 Å².